The zero-order chi connectivity index (χ0) is 9.84. The molecule has 0 spiro atoms. The van der Waals surface area contributed by atoms with E-state index in [2.05, 4.69) is 5.32 Å². The van der Waals surface area contributed by atoms with E-state index in [9.17, 15) is 4.79 Å². The molecule has 1 aromatic rings. The summed E-state index contributed by atoms with van der Waals surface area (Å²) in [6.45, 7) is 1.61. The SMILES string of the molecule is C[C@H](Cl)C(=O)Nc1cccc(Cl)c1. The first-order valence-corrected chi connectivity index (χ1v) is 4.61. The Labute approximate surface area is 86.8 Å². The molecule has 1 N–H and O–H groups in total. The summed E-state index contributed by atoms with van der Waals surface area (Å²) in [6, 6.07) is 6.92. The van der Waals surface area contributed by atoms with Crippen molar-refractivity contribution >= 4 is 34.8 Å². The monoisotopic (exact) mass is 217 g/mol. The number of halogens is 2. The fourth-order valence-corrected chi connectivity index (χ4v) is 1.05. The smallest absolute Gasteiger partial charge is 0.242 e. The summed E-state index contributed by atoms with van der Waals surface area (Å²) in [7, 11) is 0. The molecule has 0 bridgehead atoms. The molecule has 0 heterocycles. The van der Waals surface area contributed by atoms with Crippen LogP contribution in [0.5, 0.6) is 0 Å². The summed E-state index contributed by atoms with van der Waals surface area (Å²) >= 11 is 11.3. The minimum atomic E-state index is -0.543. The molecule has 0 radical (unpaired) electrons. The van der Waals surface area contributed by atoms with Crippen molar-refractivity contribution in [2.75, 3.05) is 5.32 Å². The van der Waals surface area contributed by atoms with Gasteiger partial charge in [0.05, 0.1) is 0 Å². The Morgan fingerprint density at radius 1 is 1.54 bits per heavy atom. The second kappa shape index (κ2) is 4.49. The summed E-state index contributed by atoms with van der Waals surface area (Å²) in [5, 5.41) is 2.67. The van der Waals surface area contributed by atoms with Gasteiger partial charge in [-0.2, -0.15) is 0 Å². The molecule has 1 atom stereocenters. The minimum absolute atomic E-state index is 0.232. The molecule has 13 heavy (non-hydrogen) atoms. The lowest BCUT2D eigenvalue weighted by molar-refractivity contribution is -0.115. The first-order valence-electron chi connectivity index (χ1n) is 3.80. The van der Waals surface area contributed by atoms with Gasteiger partial charge in [-0.1, -0.05) is 17.7 Å². The molecule has 1 rings (SSSR count). The fraction of sp³-hybridized carbons (Fsp3) is 0.222. The number of amides is 1. The van der Waals surface area contributed by atoms with Gasteiger partial charge < -0.3 is 5.32 Å². The molecule has 0 aromatic heterocycles. The van der Waals surface area contributed by atoms with Crippen LogP contribution >= 0.6 is 23.2 Å². The average Bonchev–Trinajstić information content (AvgIpc) is 2.04. The largest absolute Gasteiger partial charge is 0.325 e. The maximum atomic E-state index is 11.1. The Morgan fingerprint density at radius 3 is 2.77 bits per heavy atom. The molecule has 2 nitrogen and oxygen atoms in total. The van der Waals surface area contributed by atoms with Gasteiger partial charge in [-0.25, -0.2) is 0 Å². The van der Waals surface area contributed by atoms with Crippen molar-refractivity contribution in [2.45, 2.75) is 12.3 Å². The Bertz CT molecular complexity index is 312. The van der Waals surface area contributed by atoms with Crippen molar-refractivity contribution in [3.63, 3.8) is 0 Å². The maximum absolute atomic E-state index is 11.1. The van der Waals surface area contributed by atoms with E-state index in [0.29, 0.717) is 10.7 Å². The summed E-state index contributed by atoms with van der Waals surface area (Å²) in [4.78, 5) is 11.1. The third-order valence-corrected chi connectivity index (χ3v) is 1.89. The van der Waals surface area contributed by atoms with Crippen LogP contribution in [0.2, 0.25) is 5.02 Å². The Balaban J connectivity index is 2.69. The number of carbonyl (C=O) groups excluding carboxylic acids is 1. The zero-order valence-electron chi connectivity index (χ0n) is 7.05. The van der Waals surface area contributed by atoms with Gasteiger partial charge in [0, 0.05) is 10.7 Å². The van der Waals surface area contributed by atoms with Gasteiger partial charge >= 0.3 is 0 Å². The van der Waals surface area contributed by atoms with E-state index in [1.54, 1.807) is 31.2 Å². The second-order valence-corrected chi connectivity index (χ2v) is 3.71. The molecular formula is C9H9Cl2NO. The number of rotatable bonds is 2. The average molecular weight is 218 g/mol. The van der Waals surface area contributed by atoms with E-state index in [0.717, 1.165) is 0 Å². The molecular weight excluding hydrogens is 209 g/mol. The molecule has 0 saturated carbocycles. The van der Waals surface area contributed by atoms with Gasteiger partial charge in [-0.05, 0) is 25.1 Å². The van der Waals surface area contributed by atoms with Crippen LogP contribution in [0, 0.1) is 0 Å². The first kappa shape index (κ1) is 10.4. The fourth-order valence-electron chi connectivity index (χ4n) is 0.808. The molecule has 1 aromatic carbocycles. The highest BCUT2D eigenvalue weighted by atomic mass is 35.5. The number of nitrogens with one attached hydrogen (secondary N) is 1. The highest BCUT2D eigenvalue weighted by Crippen LogP contribution is 2.15. The molecule has 70 valence electrons. The van der Waals surface area contributed by atoms with Gasteiger partial charge in [-0.15, -0.1) is 11.6 Å². The molecule has 0 aliphatic carbocycles. The van der Waals surface area contributed by atoms with Gasteiger partial charge in [0.25, 0.3) is 0 Å². The van der Waals surface area contributed by atoms with Crippen LogP contribution in [0.3, 0.4) is 0 Å². The van der Waals surface area contributed by atoms with Crippen LogP contribution in [0.1, 0.15) is 6.92 Å². The molecule has 0 unspecified atom stereocenters. The summed E-state index contributed by atoms with van der Waals surface area (Å²) in [5.41, 5.74) is 0.657. The lowest BCUT2D eigenvalue weighted by Crippen LogP contribution is -2.20. The van der Waals surface area contributed by atoms with Crippen LogP contribution in [0.25, 0.3) is 0 Å². The standard InChI is InChI=1S/C9H9Cl2NO/c1-6(10)9(13)12-8-4-2-3-7(11)5-8/h2-6H,1H3,(H,12,13)/t6-/m0/s1. The van der Waals surface area contributed by atoms with Gasteiger partial charge in [0.1, 0.15) is 5.38 Å². The predicted octanol–water partition coefficient (Wildman–Crippen LogP) is 2.91. The quantitative estimate of drug-likeness (QED) is 0.759. The highest BCUT2D eigenvalue weighted by molar-refractivity contribution is 6.32. The van der Waals surface area contributed by atoms with Crippen molar-refractivity contribution in [3.05, 3.63) is 29.3 Å². The maximum Gasteiger partial charge on any atom is 0.242 e. The van der Waals surface area contributed by atoms with Crippen molar-refractivity contribution in [1.29, 1.82) is 0 Å². The summed E-state index contributed by atoms with van der Waals surface area (Å²) in [5.74, 6) is -0.232. The topological polar surface area (TPSA) is 29.1 Å². The van der Waals surface area contributed by atoms with E-state index in [-0.39, 0.29) is 5.91 Å². The number of benzene rings is 1. The van der Waals surface area contributed by atoms with Crippen LogP contribution < -0.4 is 5.32 Å². The Kier molecular flexibility index (Phi) is 3.58. The van der Waals surface area contributed by atoms with E-state index in [4.69, 9.17) is 23.2 Å². The molecule has 4 heteroatoms. The summed E-state index contributed by atoms with van der Waals surface area (Å²) in [6.07, 6.45) is 0. The van der Waals surface area contributed by atoms with Crippen molar-refractivity contribution in [2.24, 2.45) is 0 Å². The number of alkyl halides is 1. The zero-order valence-corrected chi connectivity index (χ0v) is 8.56. The van der Waals surface area contributed by atoms with Crippen LogP contribution in [0.15, 0.2) is 24.3 Å². The molecule has 0 fully saturated rings. The second-order valence-electron chi connectivity index (χ2n) is 2.62. The van der Waals surface area contributed by atoms with E-state index >= 15 is 0 Å². The normalized spacial score (nSPS) is 12.2. The van der Waals surface area contributed by atoms with Crippen LogP contribution in [0.4, 0.5) is 5.69 Å². The van der Waals surface area contributed by atoms with Gasteiger partial charge in [-0.3, -0.25) is 4.79 Å². The van der Waals surface area contributed by atoms with E-state index < -0.39 is 5.38 Å². The predicted molar refractivity (Wildman–Crippen MR) is 55.4 cm³/mol. The van der Waals surface area contributed by atoms with Crippen LogP contribution in [-0.2, 0) is 4.79 Å². The first-order chi connectivity index (χ1) is 6.09. The highest BCUT2D eigenvalue weighted by Gasteiger charge is 2.08. The third-order valence-electron chi connectivity index (χ3n) is 1.45. The Morgan fingerprint density at radius 2 is 2.23 bits per heavy atom. The molecule has 0 saturated heterocycles. The lowest BCUT2D eigenvalue weighted by Gasteiger charge is -2.05. The van der Waals surface area contributed by atoms with E-state index in [1.165, 1.54) is 0 Å². The van der Waals surface area contributed by atoms with Crippen molar-refractivity contribution in [1.82, 2.24) is 0 Å². The number of hydrogen-bond donors (Lipinski definition) is 1. The van der Waals surface area contributed by atoms with E-state index in [1.807, 2.05) is 0 Å². The van der Waals surface area contributed by atoms with Gasteiger partial charge in [0.2, 0.25) is 5.91 Å². The number of hydrogen-bond acceptors (Lipinski definition) is 1. The third kappa shape index (κ3) is 3.25. The minimum Gasteiger partial charge on any atom is -0.325 e. The van der Waals surface area contributed by atoms with Crippen molar-refractivity contribution in [3.8, 4) is 0 Å². The Hall–Kier alpha value is -0.730. The number of carbonyl (C=O) groups is 1. The lowest BCUT2D eigenvalue weighted by atomic mass is 10.3. The molecule has 0 aliphatic heterocycles. The summed E-state index contributed by atoms with van der Waals surface area (Å²) < 4.78 is 0. The number of anilines is 1. The van der Waals surface area contributed by atoms with Crippen LogP contribution in [-0.4, -0.2) is 11.3 Å². The van der Waals surface area contributed by atoms with Crippen molar-refractivity contribution < 1.29 is 4.79 Å². The molecule has 0 aliphatic rings. The molecule has 1 amide bonds. The van der Waals surface area contributed by atoms with Gasteiger partial charge in [0.15, 0.2) is 0 Å².